The van der Waals surface area contributed by atoms with Gasteiger partial charge in [0.15, 0.2) is 5.60 Å². The predicted molar refractivity (Wildman–Crippen MR) is 122 cm³/mol. The Balaban J connectivity index is 1.91. The number of carboxylic acids is 1. The Hall–Kier alpha value is -2.62. The molecule has 2 N–H and O–H groups in total. The summed E-state index contributed by atoms with van der Waals surface area (Å²) >= 11 is 7.75. The number of carbonyl (C=O) groups is 1. The fourth-order valence-corrected chi connectivity index (χ4v) is 4.29. The van der Waals surface area contributed by atoms with E-state index in [1.165, 1.54) is 37.3 Å². The molecule has 33 heavy (non-hydrogen) atoms. The van der Waals surface area contributed by atoms with E-state index < -0.39 is 28.8 Å². The van der Waals surface area contributed by atoms with E-state index in [1.807, 2.05) is 6.92 Å². The molecule has 0 saturated heterocycles. The van der Waals surface area contributed by atoms with Crippen LogP contribution < -0.4 is 10.1 Å². The second kappa shape index (κ2) is 8.96. The van der Waals surface area contributed by atoms with E-state index in [1.54, 1.807) is 30.6 Å². The first-order valence-electron chi connectivity index (χ1n) is 9.83. The molecule has 0 fully saturated rings. The lowest BCUT2D eigenvalue weighted by molar-refractivity contribution is -0.152. The van der Waals surface area contributed by atoms with Crippen molar-refractivity contribution >= 4 is 28.9 Å². The largest absolute Gasteiger partial charge is 0.478 e. The first kappa shape index (κ1) is 25.0. The number of aliphatic carboxylic acids is 1. The molecule has 0 radical (unpaired) electrons. The highest BCUT2D eigenvalue weighted by Crippen LogP contribution is 2.38. The zero-order chi connectivity index (χ0) is 24.6. The number of hydrogen-bond donors (Lipinski definition) is 2. The van der Waals surface area contributed by atoms with Gasteiger partial charge in [0.25, 0.3) is 0 Å². The number of alkyl halides is 3. The highest BCUT2D eigenvalue weighted by molar-refractivity contribution is 7.10. The van der Waals surface area contributed by atoms with Gasteiger partial charge in [0.2, 0.25) is 0 Å². The van der Waals surface area contributed by atoms with Gasteiger partial charge in [-0.25, -0.2) is 9.78 Å². The van der Waals surface area contributed by atoms with Crippen molar-refractivity contribution in [3.63, 3.8) is 0 Å². The van der Waals surface area contributed by atoms with Crippen molar-refractivity contribution in [1.29, 1.82) is 0 Å². The number of aromatic nitrogens is 1. The van der Waals surface area contributed by atoms with Gasteiger partial charge in [0.1, 0.15) is 10.8 Å². The molecule has 2 aromatic carbocycles. The van der Waals surface area contributed by atoms with Crippen molar-refractivity contribution in [1.82, 2.24) is 10.3 Å². The Morgan fingerprint density at radius 3 is 2.21 bits per heavy atom. The monoisotopic (exact) mass is 498 g/mol. The number of benzene rings is 2. The van der Waals surface area contributed by atoms with Gasteiger partial charge in [-0.2, -0.15) is 13.2 Å². The molecule has 0 aliphatic carbocycles. The van der Waals surface area contributed by atoms with Gasteiger partial charge in [0.05, 0.1) is 21.8 Å². The zero-order valence-electron chi connectivity index (χ0n) is 18.2. The van der Waals surface area contributed by atoms with Gasteiger partial charge < -0.3 is 15.2 Å². The minimum absolute atomic E-state index is 0.232. The number of thiazole rings is 1. The van der Waals surface area contributed by atoms with E-state index >= 15 is 0 Å². The zero-order valence-corrected chi connectivity index (χ0v) is 19.8. The summed E-state index contributed by atoms with van der Waals surface area (Å²) in [5, 5.41) is 15.2. The molecule has 0 aliphatic rings. The molecule has 3 rings (SSSR count). The first-order chi connectivity index (χ1) is 15.3. The molecule has 3 aromatic rings. The summed E-state index contributed by atoms with van der Waals surface area (Å²) in [6, 6.07) is 9.88. The summed E-state index contributed by atoms with van der Waals surface area (Å²) in [4.78, 5) is 16.0. The van der Waals surface area contributed by atoms with Gasteiger partial charge in [-0.1, -0.05) is 29.8 Å². The number of rotatable bonds is 7. The highest BCUT2D eigenvalue weighted by atomic mass is 35.5. The molecule has 0 amide bonds. The number of ether oxygens (including phenoxy) is 1. The molecular weight excluding hydrogens is 477 g/mol. The molecule has 1 atom stereocenters. The number of hydrogen-bond acceptors (Lipinski definition) is 5. The van der Waals surface area contributed by atoms with Crippen molar-refractivity contribution in [2.75, 3.05) is 7.05 Å². The summed E-state index contributed by atoms with van der Waals surface area (Å²) in [6.07, 6.45) is -4.40. The number of halogens is 4. The molecule has 5 nitrogen and oxygen atoms in total. The van der Waals surface area contributed by atoms with Crippen molar-refractivity contribution < 1.29 is 27.8 Å². The van der Waals surface area contributed by atoms with Crippen LogP contribution in [-0.4, -0.2) is 28.7 Å². The maximum atomic E-state index is 12.8. The third-order valence-electron chi connectivity index (χ3n) is 5.33. The Morgan fingerprint density at radius 1 is 1.09 bits per heavy atom. The third kappa shape index (κ3) is 5.15. The van der Waals surface area contributed by atoms with E-state index in [0.717, 1.165) is 17.7 Å². The van der Waals surface area contributed by atoms with Crippen molar-refractivity contribution in [3.05, 3.63) is 69.0 Å². The maximum Gasteiger partial charge on any atom is 0.416 e. The molecule has 1 aromatic heterocycles. The second-order valence-electron chi connectivity index (χ2n) is 8.05. The van der Waals surface area contributed by atoms with Crippen LogP contribution >= 0.6 is 22.9 Å². The van der Waals surface area contributed by atoms with Crippen molar-refractivity contribution in [2.45, 2.75) is 38.1 Å². The Kier molecular flexibility index (Phi) is 6.79. The van der Waals surface area contributed by atoms with E-state index in [9.17, 15) is 23.1 Å². The van der Waals surface area contributed by atoms with Gasteiger partial charge >= 0.3 is 12.1 Å². The lowest BCUT2D eigenvalue weighted by Crippen LogP contribution is -2.39. The summed E-state index contributed by atoms with van der Waals surface area (Å²) in [6.45, 7) is 4.75. The molecule has 1 heterocycles. The number of nitrogens with one attached hydrogen (secondary N) is 1. The van der Waals surface area contributed by atoms with Crippen LogP contribution in [-0.2, 0) is 16.5 Å². The summed E-state index contributed by atoms with van der Waals surface area (Å²) < 4.78 is 44.1. The lowest BCUT2D eigenvalue weighted by Gasteiger charge is -2.29. The third-order valence-corrected chi connectivity index (χ3v) is 6.69. The highest BCUT2D eigenvalue weighted by Gasteiger charge is 2.34. The Morgan fingerprint density at radius 2 is 1.70 bits per heavy atom. The molecule has 0 aliphatic heterocycles. The standard InChI is InChI=1S/C23H22ClF3N2O3S/c1-21(2,20(30)31)32-18-10-9-15(11-16(18)24)22(3,28-4)19-29-17(12-33-19)13-5-7-14(8-6-13)23(25,26)27/h5-12,28H,1-4H3,(H,30,31). The fraction of sp³-hybridized carbons (Fsp3) is 0.304. The molecule has 176 valence electrons. The van der Waals surface area contributed by atoms with Gasteiger partial charge in [-0.05, 0) is 57.6 Å². The van der Waals surface area contributed by atoms with E-state index in [4.69, 9.17) is 16.3 Å². The first-order valence-corrected chi connectivity index (χ1v) is 11.1. The number of nitrogens with zero attached hydrogens (tertiary/aromatic N) is 1. The summed E-state index contributed by atoms with van der Waals surface area (Å²) in [5.41, 5.74) is -1.06. The molecule has 10 heteroatoms. The van der Waals surface area contributed by atoms with Crippen molar-refractivity contribution in [3.8, 4) is 17.0 Å². The topological polar surface area (TPSA) is 71.5 Å². The van der Waals surface area contributed by atoms with Crippen LogP contribution in [0, 0.1) is 0 Å². The van der Waals surface area contributed by atoms with Crippen molar-refractivity contribution in [2.24, 2.45) is 0 Å². The molecule has 0 saturated carbocycles. The quantitative estimate of drug-likeness (QED) is 0.405. The van der Waals surface area contributed by atoms with E-state index in [2.05, 4.69) is 10.3 Å². The minimum Gasteiger partial charge on any atom is -0.478 e. The van der Waals surface area contributed by atoms with Crippen LogP contribution in [0.15, 0.2) is 47.8 Å². The van der Waals surface area contributed by atoms with E-state index in [0.29, 0.717) is 16.3 Å². The summed E-state index contributed by atoms with van der Waals surface area (Å²) in [7, 11) is 1.76. The van der Waals surface area contributed by atoms with Crippen LogP contribution in [0.5, 0.6) is 5.75 Å². The van der Waals surface area contributed by atoms with Gasteiger partial charge in [0, 0.05) is 10.9 Å². The van der Waals surface area contributed by atoms with Crippen LogP contribution in [0.25, 0.3) is 11.3 Å². The van der Waals surface area contributed by atoms with Crippen LogP contribution in [0.1, 0.15) is 36.9 Å². The molecule has 1 unspecified atom stereocenters. The van der Waals surface area contributed by atoms with Crippen LogP contribution in [0.4, 0.5) is 13.2 Å². The SMILES string of the molecule is CNC(C)(c1ccc(OC(C)(C)C(=O)O)c(Cl)c1)c1nc(-c2ccc(C(F)(F)F)cc2)cs1. The molecular formula is C23H22ClF3N2O3S. The lowest BCUT2D eigenvalue weighted by atomic mass is 9.92. The minimum atomic E-state index is -4.40. The average molecular weight is 499 g/mol. The van der Waals surface area contributed by atoms with Gasteiger partial charge in [-0.3, -0.25) is 0 Å². The van der Waals surface area contributed by atoms with Crippen LogP contribution in [0.3, 0.4) is 0 Å². The fourth-order valence-electron chi connectivity index (χ4n) is 3.05. The average Bonchev–Trinajstić information content (AvgIpc) is 3.24. The second-order valence-corrected chi connectivity index (χ2v) is 9.32. The van der Waals surface area contributed by atoms with Gasteiger partial charge in [-0.15, -0.1) is 11.3 Å². The van der Waals surface area contributed by atoms with Crippen LogP contribution in [0.2, 0.25) is 5.02 Å². The Bertz CT molecular complexity index is 1160. The van der Waals surface area contributed by atoms with E-state index in [-0.39, 0.29) is 10.8 Å². The summed E-state index contributed by atoms with van der Waals surface area (Å²) in [5.74, 6) is -0.892. The molecule has 0 spiro atoms. The smallest absolute Gasteiger partial charge is 0.416 e. The predicted octanol–water partition coefficient (Wildman–Crippen LogP) is 6.21. The maximum absolute atomic E-state index is 12.8. The Labute approximate surface area is 198 Å². The normalized spacial score (nSPS) is 14.1. The number of carboxylic acid groups (broad SMARTS) is 1. The molecule has 0 bridgehead atoms.